The van der Waals surface area contributed by atoms with Crippen molar-refractivity contribution >= 4 is 0 Å². The first-order valence-electron chi connectivity index (χ1n) is 5.39. The van der Waals surface area contributed by atoms with Gasteiger partial charge in [0.25, 0.3) is 0 Å². The summed E-state index contributed by atoms with van der Waals surface area (Å²) >= 11 is 0. The van der Waals surface area contributed by atoms with Gasteiger partial charge < -0.3 is 20.5 Å². The van der Waals surface area contributed by atoms with Crippen LogP contribution in [-0.4, -0.2) is 55.5 Å². The first kappa shape index (κ1) is 11.9. The molecule has 1 heterocycles. The Morgan fingerprint density at radius 3 is 2.64 bits per heavy atom. The highest BCUT2D eigenvalue weighted by atomic mass is 16.5. The van der Waals surface area contributed by atoms with Crippen molar-refractivity contribution in [3.8, 4) is 0 Å². The van der Waals surface area contributed by atoms with Gasteiger partial charge in [-0.15, -0.1) is 0 Å². The van der Waals surface area contributed by atoms with Gasteiger partial charge in [-0.25, -0.2) is 0 Å². The Balaban J connectivity index is 2.10. The summed E-state index contributed by atoms with van der Waals surface area (Å²) in [6.45, 7) is 3.48. The minimum atomic E-state index is -0.338. The topological polar surface area (TPSA) is 58.7 Å². The summed E-state index contributed by atoms with van der Waals surface area (Å²) in [6, 6.07) is 0. The van der Waals surface area contributed by atoms with Crippen LogP contribution in [0.2, 0.25) is 0 Å². The molecule has 84 valence electrons. The molecule has 0 spiro atoms. The fraction of sp³-hybridized carbons (Fsp3) is 1.00. The molecule has 4 nitrogen and oxygen atoms in total. The second kappa shape index (κ2) is 6.35. The molecule has 0 bridgehead atoms. The molecule has 1 aliphatic rings. The zero-order chi connectivity index (χ0) is 10.4. The Labute approximate surface area is 86.0 Å². The van der Waals surface area contributed by atoms with E-state index in [-0.39, 0.29) is 6.10 Å². The van der Waals surface area contributed by atoms with Crippen LogP contribution in [0, 0.1) is 0 Å². The Bertz CT molecular complexity index is 147. The van der Waals surface area contributed by atoms with Crippen LogP contribution in [-0.2, 0) is 4.74 Å². The third-order valence-corrected chi connectivity index (χ3v) is 2.92. The highest BCUT2D eigenvalue weighted by Gasteiger charge is 2.18. The van der Waals surface area contributed by atoms with E-state index in [0.717, 1.165) is 38.9 Å². The number of ether oxygens (including phenoxy) is 1. The van der Waals surface area contributed by atoms with Crippen molar-refractivity contribution in [3.05, 3.63) is 0 Å². The van der Waals surface area contributed by atoms with Crippen LogP contribution in [0.1, 0.15) is 19.3 Å². The summed E-state index contributed by atoms with van der Waals surface area (Å²) in [5.74, 6) is 0. The fourth-order valence-electron chi connectivity index (χ4n) is 1.82. The van der Waals surface area contributed by atoms with Gasteiger partial charge in [0.1, 0.15) is 0 Å². The van der Waals surface area contributed by atoms with Gasteiger partial charge >= 0.3 is 0 Å². The summed E-state index contributed by atoms with van der Waals surface area (Å²) in [5, 5.41) is 9.31. The largest absolute Gasteiger partial charge is 0.392 e. The second-order valence-electron chi connectivity index (χ2n) is 3.95. The highest BCUT2D eigenvalue weighted by Crippen LogP contribution is 2.13. The predicted octanol–water partition coefficient (Wildman–Crippen LogP) is -0.193. The number of hydrogen-bond acceptors (Lipinski definition) is 4. The molecule has 0 aromatic carbocycles. The molecule has 1 aliphatic heterocycles. The average molecular weight is 202 g/mol. The van der Waals surface area contributed by atoms with Crippen LogP contribution in [0.3, 0.4) is 0 Å². The van der Waals surface area contributed by atoms with E-state index in [9.17, 15) is 5.11 Å². The molecule has 0 radical (unpaired) electrons. The number of aliphatic hydroxyl groups excluding tert-OH is 1. The molecule has 1 atom stereocenters. The van der Waals surface area contributed by atoms with Crippen molar-refractivity contribution in [2.45, 2.75) is 31.5 Å². The number of aliphatic hydroxyl groups is 1. The molecule has 0 aromatic rings. The van der Waals surface area contributed by atoms with E-state index in [1.54, 1.807) is 7.11 Å². The van der Waals surface area contributed by atoms with Crippen LogP contribution in [0.5, 0.6) is 0 Å². The Morgan fingerprint density at radius 1 is 1.50 bits per heavy atom. The molecule has 1 unspecified atom stereocenters. The van der Waals surface area contributed by atoms with E-state index < -0.39 is 0 Å². The van der Waals surface area contributed by atoms with E-state index in [2.05, 4.69) is 4.90 Å². The van der Waals surface area contributed by atoms with E-state index in [4.69, 9.17) is 10.5 Å². The van der Waals surface area contributed by atoms with Gasteiger partial charge in [-0.2, -0.15) is 0 Å². The standard InChI is InChI=1S/C10H22N2O2/c1-14-10-3-6-12(7-4-10)5-2-9(13)8-11/h9-10,13H,2-8,11H2,1H3. The normalized spacial score (nSPS) is 22.5. The lowest BCUT2D eigenvalue weighted by atomic mass is 10.1. The molecule has 14 heavy (non-hydrogen) atoms. The first-order chi connectivity index (χ1) is 6.76. The van der Waals surface area contributed by atoms with Gasteiger partial charge in [0.2, 0.25) is 0 Å². The predicted molar refractivity (Wildman–Crippen MR) is 56.1 cm³/mol. The highest BCUT2D eigenvalue weighted by molar-refractivity contribution is 4.73. The van der Waals surface area contributed by atoms with Gasteiger partial charge in [0, 0.05) is 33.3 Å². The number of piperidine rings is 1. The van der Waals surface area contributed by atoms with E-state index in [0.29, 0.717) is 12.6 Å². The summed E-state index contributed by atoms with van der Waals surface area (Å²) in [7, 11) is 1.78. The number of rotatable bonds is 5. The summed E-state index contributed by atoms with van der Waals surface area (Å²) in [5.41, 5.74) is 5.34. The molecule has 0 aliphatic carbocycles. The molecule has 1 saturated heterocycles. The minimum absolute atomic E-state index is 0.338. The first-order valence-corrected chi connectivity index (χ1v) is 5.39. The van der Waals surface area contributed by atoms with E-state index in [1.807, 2.05) is 0 Å². The molecule has 1 fully saturated rings. The fourth-order valence-corrected chi connectivity index (χ4v) is 1.82. The monoisotopic (exact) mass is 202 g/mol. The van der Waals surface area contributed by atoms with Crippen LogP contribution >= 0.6 is 0 Å². The van der Waals surface area contributed by atoms with Crippen molar-refractivity contribution in [2.75, 3.05) is 33.3 Å². The summed E-state index contributed by atoms with van der Waals surface area (Å²) in [4.78, 5) is 2.37. The van der Waals surface area contributed by atoms with Crippen LogP contribution < -0.4 is 5.73 Å². The molecule has 4 heteroatoms. The van der Waals surface area contributed by atoms with Gasteiger partial charge in [-0.1, -0.05) is 0 Å². The van der Waals surface area contributed by atoms with Crippen LogP contribution in [0.15, 0.2) is 0 Å². The SMILES string of the molecule is COC1CCN(CCC(O)CN)CC1. The quantitative estimate of drug-likeness (QED) is 0.648. The van der Waals surface area contributed by atoms with Gasteiger partial charge in [-0.3, -0.25) is 0 Å². The number of nitrogens with two attached hydrogens (primary N) is 1. The number of hydrogen-bond donors (Lipinski definition) is 2. The Morgan fingerprint density at radius 2 is 2.14 bits per heavy atom. The maximum absolute atomic E-state index is 9.31. The lowest BCUT2D eigenvalue weighted by Crippen LogP contribution is -2.38. The molecule has 0 amide bonds. The van der Waals surface area contributed by atoms with Crippen molar-refractivity contribution in [3.63, 3.8) is 0 Å². The lowest BCUT2D eigenvalue weighted by molar-refractivity contribution is 0.0366. The Kier molecular flexibility index (Phi) is 5.40. The Hall–Kier alpha value is -0.160. The zero-order valence-electron chi connectivity index (χ0n) is 8.98. The third-order valence-electron chi connectivity index (χ3n) is 2.92. The molecule has 0 aromatic heterocycles. The van der Waals surface area contributed by atoms with E-state index in [1.165, 1.54) is 0 Å². The molecular formula is C10H22N2O2. The molecule has 3 N–H and O–H groups in total. The van der Waals surface area contributed by atoms with Gasteiger partial charge in [-0.05, 0) is 19.3 Å². The van der Waals surface area contributed by atoms with Crippen molar-refractivity contribution in [1.82, 2.24) is 4.90 Å². The number of nitrogens with zero attached hydrogens (tertiary/aromatic N) is 1. The number of likely N-dealkylation sites (tertiary alicyclic amines) is 1. The van der Waals surface area contributed by atoms with Crippen molar-refractivity contribution < 1.29 is 9.84 Å². The van der Waals surface area contributed by atoms with Crippen molar-refractivity contribution in [1.29, 1.82) is 0 Å². The van der Waals surface area contributed by atoms with Crippen molar-refractivity contribution in [2.24, 2.45) is 5.73 Å². The molecular weight excluding hydrogens is 180 g/mol. The summed E-state index contributed by atoms with van der Waals surface area (Å²) < 4.78 is 5.29. The number of methoxy groups -OCH3 is 1. The molecule has 1 rings (SSSR count). The van der Waals surface area contributed by atoms with Crippen LogP contribution in [0.4, 0.5) is 0 Å². The minimum Gasteiger partial charge on any atom is -0.392 e. The summed E-state index contributed by atoms with van der Waals surface area (Å²) in [6.07, 6.45) is 3.10. The smallest absolute Gasteiger partial charge is 0.0674 e. The molecule has 0 saturated carbocycles. The third kappa shape index (κ3) is 3.92. The van der Waals surface area contributed by atoms with Gasteiger partial charge in [0.05, 0.1) is 12.2 Å². The zero-order valence-corrected chi connectivity index (χ0v) is 8.98. The van der Waals surface area contributed by atoms with E-state index >= 15 is 0 Å². The van der Waals surface area contributed by atoms with Gasteiger partial charge in [0.15, 0.2) is 0 Å². The average Bonchev–Trinajstić information content (AvgIpc) is 2.26. The second-order valence-corrected chi connectivity index (χ2v) is 3.95. The maximum Gasteiger partial charge on any atom is 0.0674 e. The maximum atomic E-state index is 9.31. The lowest BCUT2D eigenvalue weighted by Gasteiger charge is -2.31. The van der Waals surface area contributed by atoms with Crippen LogP contribution in [0.25, 0.3) is 0 Å².